The number of ether oxygens (including phenoxy) is 1. The number of carbonyl (C=O) groups is 2. The third-order valence-electron chi connectivity index (χ3n) is 5.51. The normalized spacial score (nSPS) is 13.9. The van der Waals surface area contributed by atoms with E-state index < -0.39 is 16.1 Å². The molecule has 0 unspecified atom stereocenters. The molecule has 11 heteroatoms. The fraction of sp³-hybridized carbons (Fsp3) is 0.391. The van der Waals surface area contributed by atoms with Crippen LogP contribution in [0.5, 0.6) is 5.75 Å². The number of nitrogens with one attached hydrogen (secondary N) is 3. The number of hydrogen-bond acceptors (Lipinski definition) is 5. The first-order valence-electron chi connectivity index (χ1n) is 10.8. The van der Waals surface area contributed by atoms with Crippen molar-refractivity contribution in [2.75, 3.05) is 13.7 Å². The summed E-state index contributed by atoms with van der Waals surface area (Å²) in [6, 6.07) is 10.3. The van der Waals surface area contributed by atoms with E-state index in [2.05, 4.69) is 15.4 Å². The van der Waals surface area contributed by atoms with Crippen LogP contribution < -0.4 is 20.1 Å². The number of urea groups is 1. The monoisotopic (exact) mass is 533 g/mol. The number of hydrogen-bond donors (Lipinski definition) is 3. The maximum absolute atomic E-state index is 12.5. The molecule has 0 aliphatic heterocycles. The van der Waals surface area contributed by atoms with Crippen LogP contribution in [0.2, 0.25) is 5.02 Å². The van der Waals surface area contributed by atoms with Crippen LogP contribution in [0.1, 0.15) is 48.0 Å². The second-order valence-corrected chi connectivity index (χ2v) is 10.0. The molecule has 0 saturated heterocycles. The number of sulfonamides is 1. The quantitative estimate of drug-likeness (QED) is 0.451. The first-order valence-corrected chi connectivity index (χ1v) is 12.7. The van der Waals surface area contributed by atoms with E-state index >= 15 is 0 Å². The van der Waals surface area contributed by atoms with E-state index in [1.807, 2.05) is 0 Å². The Morgan fingerprint density at radius 2 is 1.74 bits per heavy atom. The number of amides is 3. The van der Waals surface area contributed by atoms with Gasteiger partial charge in [-0.3, -0.25) is 4.79 Å². The van der Waals surface area contributed by atoms with Crippen molar-refractivity contribution in [2.45, 2.75) is 49.5 Å². The topological polar surface area (TPSA) is 114 Å². The molecule has 0 radical (unpaired) electrons. The third kappa shape index (κ3) is 8.51. The van der Waals surface area contributed by atoms with Crippen LogP contribution in [-0.4, -0.2) is 91.4 Å². The summed E-state index contributed by atoms with van der Waals surface area (Å²) in [5.41, 5.74) is 1.17. The van der Waals surface area contributed by atoms with Crippen LogP contribution in [0, 0.1) is 0 Å². The van der Waals surface area contributed by atoms with Gasteiger partial charge in [0, 0.05) is 17.6 Å². The molecule has 2 aromatic rings. The summed E-state index contributed by atoms with van der Waals surface area (Å²) in [5.74, 6) is 0.105. The van der Waals surface area contributed by atoms with Crippen LogP contribution >= 0.6 is 11.6 Å². The predicted octanol–water partition coefficient (Wildman–Crippen LogP) is 2.99. The van der Waals surface area contributed by atoms with E-state index in [4.69, 9.17) is 16.3 Å². The van der Waals surface area contributed by atoms with Crippen LogP contribution in [0.3, 0.4) is 0 Å². The Bertz CT molecular complexity index is 1090. The number of halogens is 1. The average Bonchev–Trinajstić information content (AvgIpc) is 2.79. The minimum atomic E-state index is -3.97. The van der Waals surface area contributed by atoms with Crippen molar-refractivity contribution < 1.29 is 22.7 Å². The summed E-state index contributed by atoms with van der Waals surface area (Å²) in [6.45, 7) is 0.336. The number of rotatable bonds is 8. The van der Waals surface area contributed by atoms with Gasteiger partial charge >= 0.3 is 57.4 Å². The summed E-state index contributed by atoms with van der Waals surface area (Å²) < 4.78 is 32.2. The molecule has 3 amide bonds. The van der Waals surface area contributed by atoms with Gasteiger partial charge < -0.3 is 15.4 Å². The van der Waals surface area contributed by atoms with E-state index in [9.17, 15) is 18.0 Å². The Morgan fingerprint density at radius 1 is 1.06 bits per heavy atom. The molecule has 1 aliphatic carbocycles. The average molecular weight is 534 g/mol. The standard InChI is InChI=1S/C23H28ClN3O5S.K.H/c1-32-21-12-9-17(24)15-20(21)22(28)25-14-13-16-7-10-19(11-8-16)33(30,31)27-23(29)26-18-5-3-2-4-6-18;;/h7-12,15,18H,2-6,13-14H2,1H3,(H,25,28)(H2,26,27,29);;. The van der Waals surface area contributed by atoms with Crippen LogP contribution in [0.15, 0.2) is 47.4 Å². The Morgan fingerprint density at radius 3 is 2.38 bits per heavy atom. The molecule has 8 nitrogen and oxygen atoms in total. The second-order valence-electron chi connectivity index (χ2n) is 7.91. The second kappa shape index (κ2) is 13.8. The Kier molecular flexibility index (Phi) is 11.8. The molecule has 1 aliphatic rings. The summed E-state index contributed by atoms with van der Waals surface area (Å²) in [7, 11) is -2.49. The molecule has 1 saturated carbocycles. The van der Waals surface area contributed by atoms with Crippen LogP contribution in [0.25, 0.3) is 0 Å². The summed E-state index contributed by atoms with van der Waals surface area (Å²) in [5, 5.41) is 5.96. The number of methoxy groups -OCH3 is 1. The van der Waals surface area contributed by atoms with Crippen molar-refractivity contribution in [3.8, 4) is 5.75 Å². The Hall–Kier alpha value is -1.14. The van der Waals surface area contributed by atoms with Gasteiger partial charge in [0.05, 0.1) is 17.6 Å². The Balaban J connectivity index is 0.00000408. The van der Waals surface area contributed by atoms with Gasteiger partial charge in [-0.05, 0) is 55.2 Å². The molecular weight excluding hydrogens is 505 g/mol. The van der Waals surface area contributed by atoms with Gasteiger partial charge in [-0.15, -0.1) is 0 Å². The van der Waals surface area contributed by atoms with Gasteiger partial charge in [0.2, 0.25) is 0 Å². The van der Waals surface area contributed by atoms with Crippen LogP contribution in [-0.2, 0) is 16.4 Å². The van der Waals surface area contributed by atoms with Crippen molar-refractivity contribution in [1.82, 2.24) is 15.4 Å². The SMILES string of the molecule is COc1ccc(Cl)cc1C(=O)NCCc1ccc(S(=O)(=O)NC(=O)NC2CCCCC2)cc1.[KH]. The van der Waals surface area contributed by atoms with Gasteiger partial charge in [0.25, 0.3) is 15.9 Å². The van der Waals surface area contributed by atoms with E-state index in [0.29, 0.717) is 29.3 Å². The molecular formula is C23H29ClKN3O5S. The van der Waals surface area contributed by atoms with Gasteiger partial charge in [0.1, 0.15) is 5.75 Å². The van der Waals surface area contributed by atoms with E-state index in [-0.39, 0.29) is 68.2 Å². The van der Waals surface area contributed by atoms with Crippen molar-refractivity contribution >= 4 is 84.9 Å². The summed E-state index contributed by atoms with van der Waals surface area (Å²) in [6.07, 6.45) is 5.43. The zero-order chi connectivity index (χ0) is 23.8. The molecule has 0 atom stereocenters. The molecule has 34 heavy (non-hydrogen) atoms. The molecule has 0 aromatic heterocycles. The van der Waals surface area contributed by atoms with Crippen molar-refractivity contribution in [2.24, 2.45) is 0 Å². The van der Waals surface area contributed by atoms with E-state index in [0.717, 1.165) is 37.7 Å². The molecule has 3 N–H and O–H groups in total. The fourth-order valence-electron chi connectivity index (χ4n) is 3.75. The first-order chi connectivity index (χ1) is 15.8. The van der Waals surface area contributed by atoms with E-state index in [1.54, 1.807) is 24.3 Å². The molecule has 2 aromatic carbocycles. The molecule has 1 fully saturated rings. The third-order valence-corrected chi connectivity index (χ3v) is 7.09. The maximum atomic E-state index is 12.5. The number of carbonyl (C=O) groups excluding carboxylic acids is 2. The Labute approximate surface area is 248 Å². The fourth-order valence-corrected chi connectivity index (χ4v) is 4.84. The van der Waals surface area contributed by atoms with Gasteiger partial charge in [-0.25, -0.2) is 17.9 Å². The summed E-state index contributed by atoms with van der Waals surface area (Å²) >= 11 is 5.96. The molecule has 0 spiro atoms. The molecule has 3 rings (SSSR count). The van der Waals surface area contributed by atoms with Crippen LogP contribution in [0.4, 0.5) is 4.79 Å². The predicted molar refractivity (Wildman–Crippen MR) is 133 cm³/mol. The van der Waals surface area contributed by atoms with Gasteiger partial charge in [-0.2, -0.15) is 0 Å². The van der Waals surface area contributed by atoms with Crippen molar-refractivity contribution in [3.63, 3.8) is 0 Å². The zero-order valence-electron chi connectivity index (χ0n) is 18.4. The van der Waals surface area contributed by atoms with Crippen molar-refractivity contribution in [3.05, 3.63) is 58.6 Å². The van der Waals surface area contributed by atoms with Gasteiger partial charge in [0.15, 0.2) is 0 Å². The summed E-state index contributed by atoms with van der Waals surface area (Å²) in [4.78, 5) is 24.5. The molecule has 0 bridgehead atoms. The first kappa shape index (κ1) is 29.1. The minimum absolute atomic E-state index is 0. The number of benzene rings is 2. The molecule has 180 valence electrons. The molecule has 0 heterocycles. The zero-order valence-corrected chi connectivity index (χ0v) is 20.0. The van der Waals surface area contributed by atoms with E-state index in [1.165, 1.54) is 25.3 Å². The van der Waals surface area contributed by atoms with Gasteiger partial charge in [-0.1, -0.05) is 43.0 Å². The van der Waals surface area contributed by atoms with Crippen molar-refractivity contribution in [1.29, 1.82) is 0 Å².